The second-order valence-corrected chi connectivity index (χ2v) is 6.06. The average molecular weight is 226 g/mol. The topological polar surface area (TPSA) is 41.6 Å². The molecule has 1 aliphatic carbocycles. The number of likely N-dealkylation sites (N-methyl/N-ethyl adjacent to an activating group) is 1. The number of carbonyl (C=O) groups is 1. The number of nitrogens with zero attached hydrogens (tertiary/aromatic N) is 1. The van der Waals surface area contributed by atoms with Gasteiger partial charge in [-0.2, -0.15) is 0 Å². The lowest BCUT2D eigenvalue weighted by atomic mass is 10.0. The van der Waals surface area contributed by atoms with Gasteiger partial charge in [-0.3, -0.25) is 0 Å². The van der Waals surface area contributed by atoms with E-state index in [0.29, 0.717) is 11.5 Å². The summed E-state index contributed by atoms with van der Waals surface area (Å²) in [5.41, 5.74) is -0.0445. The van der Waals surface area contributed by atoms with Crippen LogP contribution < -0.4 is 5.32 Å². The van der Waals surface area contributed by atoms with Gasteiger partial charge in [0.1, 0.15) is 5.60 Å². The number of hydrogen-bond acceptors (Lipinski definition) is 3. The van der Waals surface area contributed by atoms with Crippen molar-refractivity contribution in [2.24, 2.45) is 5.41 Å². The highest BCUT2D eigenvalue weighted by atomic mass is 16.6. The molecule has 16 heavy (non-hydrogen) atoms. The Balaban J connectivity index is 1.95. The maximum absolute atomic E-state index is 11.9. The summed E-state index contributed by atoms with van der Waals surface area (Å²) in [7, 11) is 1.98. The quantitative estimate of drug-likeness (QED) is 0.738. The third kappa shape index (κ3) is 2.17. The van der Waals surface area contributed by atoms with Crippen LogP contribution in [-0.2, 0) is 4.74 Å². The van der Waals surface area contributed by atoms with Crippen LogP contribution in [0.2, 0.25) is 0 Å². The number of hydrogen-bond donors (Lipinski definition) is 1. The van der Waals surface area contributed by atoms with Crippen LogP contribution in [0, 0.1) is 5.41 Å². The molecule has 0 aromatic heterocycles. The van der Waals surface area contributed by atoms with Crippen molar-refractivity contribution in [3.05, 3.63) is 0 Å². The first-order chi connectivity index (χ1) is 7.36. The molecule has 1 amide bonds. The minimum absolute atomic E-state index is 0.170. The summed E-state index contributed by atoms with van der Waals surface area (Å²) in [6, 6.07) is 0.444. The van der Waals surface area contributed by atoms with Crippen LogP contribution in [0.25, 0.3) is 0 Å². The first-order valence-corrected chi connectivity index (χ1v) is 6.01. The molecule has 2 rings (SSSR count). The van der Waals surface area contributed by atoms with E-state index < -0.39 is 5.60 Å². The third-order valence-electron chi connectivity index (χ3n) is 3.54. The summed E-state index contributed by atoms with van der Waals surface area (Å²) in [6.07, 6.45) is 2.30. The molecular formula is C12H22N2O2. The number of ether oxygens (including phenoxy) is 1. The van der Waals surface area contributed by atoms with E-state index in [-0.39, 0.29) is 6.09 Å². The van der Waals surface area contributed by atoms with E-state index >= 15 is 0 Å². The standard InChI is InChI=1S/C12H22N2O2/c1-11(2,3)16-10(15)14-7-9(13-4)12(8-14)5-6-12/h9,13H,5-8H2,1-4H3/t9-/m0/s1. The third-order valence-corrected chi connectivity index (χ3v) is 3.54. The van der Waals surface area contributed by atoms with E-state index in [1.54, 1.807) is 0 Å². The summed E-state index contributed by atoms with van der Waals surface area (Å²) in [6.45, 7) is 7.36. The monoisotopic (exact) mass is 226 g/mol. The van der Waals surface area contributed by atoms with Crippen molar-refractivity contribution in [3.8, 4) is 0 Å². The average Bonchev–Trinajstić information content (AvgIpc) is 2.77. The van der Waals surface area contributed by atoms with Gasteiger partial charge in [0, 0.05) is 24.5 Å². The second-order valence-electron chi connectivity index (χ2n) is 6.06. The molecular weight excluding hydrogens is 204 g/mol. The van der Waals surface area contributed by atoms with Gasteiger partial charge in [-0.15, -0.1) is 0 Å². The molecule has 0 bridgehead atoms. The van der Waals surface area contributed by atoms with Gasteiger partial charge in [0.25, 0.3) is 0 Å². The molecule has 1 aliphatic heterocycles. The first-order valence-electron chi connectivity index (χ1n) is 6.01. The lowest BCUT2D eigenvalue weighted by molar-refractivity contribution is 0.0284. The maximum atomic E-state index is 11.9. The van der Waals surface area contributed by atoms with E-state index in [2.05, 4.69) is 5.32 Å². The van der Waals surface area contributed by atoms with E-state index in [9.17, 15) is 4.79 Å². The Kier molecular flexibility index (Phi) is 2.65. The molecule has 2 fully saturated rings. The fourth-order valence-electron chi connectivity index (χ4n) is 2.50. The summed E-state index contributed by atoms with van der Waals surface area (Å²) in [5.74, 6) is 0. The molecule has 92 valence electrons. The van der Waals surface area contributed by atoms with E-state index in [1.807, 2.05) is 32.7 Å². The molecule has 4 heteroatoms. The second kappa shape index (κ2) is 3.62. The molecule has 0 radical (unpaired) electrons. The largest absolute Gasteiger partial charge is 0.444 e. The Hall–Kier alpha value is -0.770. The van der Waals surface area contributed by atoms with E-state index in [1.165, 1.54) is 12.8 Å². The van der Waals surface area contributed by atoms with Crippen LogP contribution >= 0.6 is 0 Å². The summed E-state index contributed by atoms with van der Waals surface area (Å²) in [4.78, 5) is 13.8. The molecule has 1 spiro atoms. The number of amides is 1. The van der Waals surface area contributed by atoms with Crippen LogP contribution in [0.3, 0.4) is 0 Å². The molecule has 0 aromatic rings. The zero-order valence-electron chi connectivity index (χ0n) is 10.7. The smallest absolute Gasteiger partial charge is 0.410 e. The van der Waals surface area contributed by atoms with Gasteiger partial charge in [0.2, 0.25) is 0 Å². The van der Waals surface area contributed by atoms with E-state index in [0.717, 1.165) is 13.1 Å². The highest BCUT2D eigenvalue weighted by Gasteiger charge is 2.55. The van der Waals surface area contributed by atoms with Crippen LogP contribution in [0.15, 0.2) is 0 Å². The Morgan fingerprint density at radius 2 is 2.06 bits per heavy atom. The van der Waals surface area contributed by atoms with Gasteiger partial charge in [0.15, 0.2) is 0 Å². The Morgan fingerprint density at radius 1 is 1.44 bits per heavy atom. The molecule has 1 heterocycles. The van der Waals surface area contributed by atoms with Crippen molar-refractivity contribution in [1.29, 1.82) is 0 Å². The van der Waals surface area contributed by atoms with Gasteiger partial charge < -0.3 is 15.0 Å². The SMILES string of the molecule is CN[C@H]1CN(C(=O)OC(C)(C)C)CC12CC2. The minimum Gasteiger partial charge on any atom is -0.444 e. The molecule has 2 aliphatic rings. The molecule has 1 saturated carbocycles. The van der Waals surface area contributed by atoms with Crippen molar-refractivity contribution in [2.45, 2.75) is 45.3 Å². The zero-order valence-corrected chi connectivity index (χ0v) is 10.7. The van der Waals surface area contributed by atoms with Crippen LogP contribution in [-0.4, -0.2) is 42.8 Å². The molecule has 1 N–H and O–H groups in total. The van der Waals surface area contributed by atoms with Crippen molar-refractivity contribution in [2.75, 3.05) is 20.1 Å². The highest BCUT2D eigenvalue weighted by Crippen LogP contribution is 2.52. The zero-order chi connectivity index (χ0) is 12.0. The molecule has 1 atom stereocenters. The van der Waals surface area contributed by atoms with Crippen molar-refractivity contribution in [3.63, 3.8) is 0 Å². The van der Waals surface area contributed by atoms with Crippen LogP contribution in [0.1, 0.15) is 33.6 Å². The summed E-state index contributed by atoms with van der Waals surface area (Å²) in [5, 5.41) is 3.31. The Morgan fingerprint density at radius 3 is 2.44 bits per heavy atom. The minimum atomic E-state index is -0.397. The number of rotatable bonds is 1. The predicted octanol–water partition coefficient (Wildman–Crippen LogP) is 1.61. The fourth-order valence-corrected chi connectivity index (χ4v) is 2.50. The number of carbonyl (C=O) groups excluding carboxylic acids is 1. The molecule has 4 nitrogen and oxygen atoms in total. The summed E-state index contributed by atoms with van der Waals surface area (Å²) < 4.78 is 5.39. The van der Waals surface area contributed by atoms with Crippen LogP contribution in [0.4, 0.5) is 4.79 Å². The van der Waals surface area contributed by atoms with Gasteiger partial charge >= 0.3 is 6.09 Å². The van der Waals surface area contributed by atoms with Crippen molar-refractivity contribution >= 4 is 6.09 Å². The lowest BCUT2D eigenvalue weighted by Gasteiger charge is -2.24. The highest BCUT2D eigenvalue weighted by molar-refractivity contribution is 5.69. The maximum Gasteiger partial charge on any atom is 0.410 e. The van der Waals surface area contributed by atoms with Gasteiger partial charge in [0.05, 0.1) is 0 Å². The van der Waals surface area contributed by atoms with E-state index in [4.69, 9.17) is 4.74 Å². The molecule has 0 aromatic carbocycles. The predicted molar refractivity (Wildman–Crippen MR) is 62.3 cm³/mol. The van der Waals surface area contributed by atoms with Gasteiger partial charge in [-0.25, -0.2) is 4.79 Å². The van der Waals surface area contributed by atoms with Crippen molar-refractivity contribution in [1.82, 2.24) is 10.2 Å². The summed E-state index contributed by atoms with van der Waals surface area (Å²) >= 11 is 0. The van der Waals surface area contributed by atoms with Crippen LogP contribution in [0.5, 0.6) is 0 Å². The van der Waals surface area contributed by atoms with Gasteiger partial charge in [-0.05, 0) is 40.7 Å². The fraction of sp³-hybridized carbons (Fsp3) is 0.917. The molecule has 0 unspecified atom stereocenters. The Bertz CT molecular complexity index is 292. The normalized spacial score (nSPS) is 27.2. The lowest BCUT2D eigenvalue weighted by Crippen LogP contribution is -2.37. The first kappa shape index (κ1) is 11.7. The number of nitrogens with one attached hydrogen (secondary N) is 1. The van der Waals surface area contributed by atoms with Crippen molar-refractivity contribution < 1.29 is 9.53 Å². The van der Waals surface area contributed by atoms with Gasteiger partial charge in [-0.1, -0.05) is 0 Å². The molecule has 1 saturated heterocycles. The Labute approximate surface area is 97.3 Å². The number of likely N-dealkylation sites (tertiary alicyclic amines) is 1.